The maximum atomic E-state index is 12.8. The third-order valence-corrected chi connectivity index (χ3v) is 6.14. The van der Waals surface area contributed by atoms with E-state index in [9.17, 15) is 13.2 Å². The summed E-state index contributed by atoms with van der Waals surface area (Å²) in [6, 6.07) is 11.8. The Morgan fingerprint density at radius 3 is 2.43 bits per heavy atom. The molecule has 0 atom stereocenters. The molecule has 0 aliphatic rings. The number of amides is 1. The van der Waals surface area contributed by atoms with Crippen LogP contribution in [0.3, 0.4) is 0 Å². The van der Waals surface area contributed by atoms with Crippen LogP contribution in [0.15, 0.2) is 47.4 Å². The van der Waals surface area contributed by atoms with Gasteiger partial charge in [0.15, 0.2) is 0 Å². The molecule has 7 heteroatoms. The first kappa shape index (κ1) is 21.9. The standard InChI is InChI=1S/C21H29N3O3S/c1-5-24(6-2)13-12-22-21(25)18-8-7-9-19(15-18)23-28(26,27)20-14-16(3)10-11-17(20)4/h7-11,14-15,23H,5-6,12-13H2,1-4H3,(H,22,25). The predicted molar refractivity (Wildman–Crippen MR) is 113 cm³/mol. The summed E-state index contributed by atoms with van der Waals surface area (Å²) in [6.45, 7) is 10.9. The molecule has 0 bridgehead atoms. The van der Waals surface area contributed by atoms with Crippen molar-refractivity contribution < 1.29 is 13.2 Å². The van der Waals surface area contributed by atoms with Crippen molar-refractivity contribution in [1.29, 1.82) is 0 Å². The van der Waals surface area contributed by atoms with Crippen LogP contribution in [0, 0.1) is 13.8 Å². The molecule has 2 N–H and O–H groups in total. The van der Waals surface area contributed by atoms with E-state index < -0.39 is 10.0 Å². The average Bonchev–Trinajstić information content (AvgIpc) is 2.66. The molecule has 0 aromatic heterocycles. The van der Waals surface area contributed by atoms with E-state index >= 15 is 0 Å². The average molecular weight is 404 g/mol. The normalized spacial score (nSPS) is 11.5. The molecular formula is C21H29N3O3S. The van der Waals surface area contributed by atoms with E-state index in [4.69, 9.17) is 0 Å². The van der Waals surface area contributed by atoms with Gasteiger partial charge in [-0.25, -0.2) is 8.42 Å². The number of rotatable bonds is 9. The number of likely N-dealkylation sites (N-methyl/N-ethyl adjacent to an activating group) is 1. The first-order valence-electron chi connectivity index (χ1n) is 9.47. The number of hydrogen-bond acceptors (Lipinski definition) is 4. The van der Waals surface area contributed by atoms with Gasteiger partial charge in [0, 0.05) is 24.3 Å². The second-order valence-corrected chi connectivity index (χ2v) is 8.39. The molecule has 152 valence electrons. The lowest BCUT2D eigenvalue weighted by Crippen LogP contribution is -2.34. The van der Waals surface area contributed by atoms with E-state index in [2.05, 4.69) is 28.8 Å². The van der Waals surface area contributed by atoms with E-state index in [-0.39, 0.29) is 10.8 Å². The zero-order chi connectivity index (χ0) is 20.7. The lowest BCUT2D eigenvalue weighted by Gasteiger charge is -2.18. The smallest absolute Gasteiger partial charge is 0.262 e. The number of anilines is 1. The molecule has 0 unspecified atom stereocenters. The number of hydrogen-bond donors (Lipinski definition) is 2. The molecule has 0 saturated carbocycles. The Bertz CT molecular complexity index is 922. The molecule has 1 amide bonds. The minimum atomic E-state index is -3.73. The van der Waals surface area contributed by atoms with E-state index in [0.29, 0.717) is 23.4 Å². The highest BCUT2D eigenvalue weighted by Gasteiger charge is 2.18. The van der Waals surface area contributed by atoms with E-state index in [1.165, 1.54) is 0 Å². The summed E-state index contributed by atoms with van der Waals surface area (Å²) in [4.78, 5) is 14.8. The minimum Gasteiger partial charge on any atom is -0.351 e. The second kappa shape index (κ2) is 9.71. The lowest BCUT2D eigenvalue weighted by atomic mass is 10.2. The van der Waals surface area contributed by atoms with Crippen molar-refractivity contribution in [2.75, 3.05) is 30.9 Å². The van der Waals surface area contributed by atoms with Crippen molar-refractivity contribution in [1.82, 2.24) is 10.2 Å². The number of carbonyl (C=O) groups excluding carboxylic acids is 1. The Morgan fingerprint density at radius 2 is 1.75 bits per heavy atom. The van der Waals surface area contributed by atoms with Crippen molar-refractivity contribution in [3.63, 3.8) is 0 Å². The Hall–Kier alpha value is -2.38. The summed E-state index contributed by atoms with van der Waals surface area (Å²) < 4.78 is 28.1. The van der Waals surface area contributed by atoms with Gasteiger partial charge in [-0.1, -0.05) is 32.0 Å². The molecule has 2 rings (SSSR count). The molecular weight excluding hydrogens is 374 g/mol. The number of benzene rings is 2. The van der Waals surface area contributed by atoms with Crippen molar-refractivity contribution in [2.24, 2.45) is 0 Å². The lowest BCUT2D eigenvalue weighted by molar-refractivity contribution is 0.0949. The third-order valence-electron chi connectivity index (χ3n) is 4.62. The molecule has 0 heterocycles. The van der Waals surface area contributed by atoms with Crippen molar-refractivity contribution in [3.8, 4) is 0 Å². The van der Waals surface area contributed by atoms with Crippen LogP contribution in [0.25, 0.3) is 0 Å². The van der Waals surface area contributed by atoms with Gasteiger partial charge in [-0.05, 0) is 62.3 Å². The van der Waals surface area contributed by atoms with Crippen molar-refractivity contribution in [2.45, 2.75) is 32.6 Å². The first-order chi connectivity index (χ1) is 13.3. The largest absolute Gasteiger partial charge is 0.351 e. The van der Waals surface area contributed by atoms with Gasteiger partial charge in [-0.2, -0.15) is 0 Å². The quantitative estimate of drug-likeness (QED) is 0.674. The summed E-state index contributed by atoms with van der Waals surface area (Å²) in [5, 5.41) is 2.88. The van der Waals surface area contributed by atoms with Crippen LogP contribution in [0.5, 0.6) is 0 Å². The molecule has 0 spiro atoms. The summed E-state index contributed by atoms with van der Waals surface area (Å²) in [5.74, 6) is -0.222. The van der Waals surface area contributed by atoms with Crippen molar-refractivity contribution in [3.05, 3.63) is 59.2 Å². The van der Waals surface area contributed by atoms with E-state index in [0.717, 1.165) is 25.2 Å². The molecule has 2 aromatic carbocycles. The van der Waals surface area contributed by atoms with Crippen LogP contribution in [-0.4, -0.2) is 45.4 Å². The van der Waals surface area contributed by atoms with Gasteiger partial charge in [0.2, 0.25) is 0 Å². The molecule has 0 aliphatic heterocycles. The zero-order valence-corrected chi connectivity index (χ0v) is 17.8. The predicted octanol–water partition coefficient (Wildman–Crippen LogP) is 3.18. The van der Waals surface area contributed by atoms with Crippen LogP contribution in [-0.2, 0) is 10.0 Å². The molecule has 0 radical (unpaired) electrons. The number of aryl methyl sites for hydroxylation is 2. The van der Waals surface area contributed by atoms with E-state index in [1.54, 1.807) is 43.3 Å². The van der Waals surface area contributed by atoms with E-state index in [1.807, 2.05) is 13.0 Å². The Kier molecular flexibility index (Phi) is 7.60. The van der Waals surface area contributed by atoms with Gasteiger partial charge < -0.3 is 10.2 Å². The van der Waals surface area contributed by atoms with Crippen LogP contribution in [0.4, 0.5) is 5.69 Å². The molecule has 6 nitrogen and oxygen atoms in total. The minimum absolute atomic E-state index is 0.222. The topological polar surface area (TPSA) is 78.5 Å². The summed E-state index contributed by atoms with van der Waals surface area (Å²) >= 11 is 0. The van der Waals surface area contributed by atoms with Crippen LogP contribution in [0.1, 0.15) is 35.3 Å². The monoisotopic (exact) mass is 403 g/mol. The van der Waals surface area contributed by atoms with Crippen molar-refractivity contribution >= 4 is 21.6 Å². The maximum Gasteiger partial charge on any atom is 0.262 e. The molecule has 28 heavy (non-hydrogen) atoms. The van der Waals surface area contributed by atoms with Gasteiger partial charge in [0.1, 0.15) is 0 Å². The summed E-state index contributed by atoms with van der Waals surface area (Å²) in [7, 11) is -3.73. The maximum absolute atomic E-state index is 12.8. The molecule has 0 saturated heterocycles. The molecule has 0 aliphatic carbocycles. The van der Waals surface area contributed by atoms with Gasteiger partial charge >= 0.3 is 0 Å². The number of nitrogens with one attached hydrogen (secondary N) is 2. The van der Waals surface area contributed by atoms with Gasteiger partial charge in [-0.15, -0.1) is 0 Å². The first-order valence-corrected chi connectivity index (χ1v) is 11.0. The number of carbonyl (C=O) groups is 1. The summed E-state index contributed by atoms with van der Waals surface area (Å²) in [5.41, 5.74) is 2.31. The second-order valence-electron chi connectivity index (χ2n) is 6.74. The fraction of sp³-hybridized carbons (Fsp3) is 0.381. The Morgan fingerprint density at radius 1 is 1.04 bits per heavy atom. The fourth-order valence-corrected chi connectivity index (χ4v) is 4.28. The molecule has 0 fully saturated rings. The van der Waals surface area contributed by atoms with Crippen LogP contribution < -0.4 is 10.0 Å². The SMILES string of the molecule is CCN(CC)CCNC(=O)c1cccc(NS(=O)(=O)c2cc(C)ccc2C)c1. The van der Waals surface area contributed by atoms with Gasteiger partial charge in [0.05, 0.1) is 4.90 Å². The number of sulfonamides is 1. The fourth-order valence-electron chi connectivity index (χ4n) is 2.90. The number of nitrogens with zero attached hydrogens (tertiary/aromatic N) is 1. The van der Waals surface area contributed by atoms with Gasteiger partial charge in [-0.3, -0.25) is 9.52 Å². The third kappa shape index (κ3) is 5.81. The highest BCUT2D eigenvalue weighted by molar-refractivity contribution is 7.92. The summed E-state index contributed by atoms with van der Waals surface area (Å²) in [6.07, 6.45) is 0. The van der Waals surface area contributed by atoms with Gasteiger partial charge in [0.25, 0.3) is 15.9 Å². The van der Waals surface area contributed by atoms with Crippen LogP contribution in [0.2, 0.25) is 0 Å². The Balaban J connectivity index is 2.10. The van der Waals surface area contributed by atoms with Crippen LogP contribution >= 0.6 is 0 Å². The Labute approximate surface area is 168 Å². The zero-order valence-electron chi connectivity index (χ0n) is 17.0. The highest BCUT2D eigenvalue weighted by atomic mass is 32.2. The molecule has 2 aromatic rings. The highest BCUT2D eigenvalue weighted by Crippen LogP contribution is 2.21.